The van der Waals surface area contributed by atoms with Gasteiger partial charge < -0.3 is 15.4 Å². The Labute approximate surface area is 121 Å². The molecule has 0 bridgehead atoms. The number of benzene rings is 1. The van der Waals surface area contributed by atoms with Gasteiger partial charge in [-0.05, 0) is 24.7 Å². The summed E-state index contributed by atoms with van der Waals surface area (Å²) in [4.78, 5) is 11.2. The van der Waals surface area contributed by atoms with Crippen molar-refractivity contribution >= 4 is 18.3 Å². The lowest BCUT2D eigenvalue weighted by Crippen LogP contribution is -2.31. The van der Waals surface area contributed by atoms with E-state index in [2.05, 4.69) is 15.4 Å². The summed E-state index contributed by atoms with van der Waals surface area (Å²) in [5.74, 6) is -0.0116. The number of nitrogens with one attached hydrogen (secondary N) is 2. The van der Waals surface area contributed by atoms with Crippen molar-refractivity contribution in [3.8, 4) is 5.75 Å². The van der Waals surface area contributed by atoms with Crippen molar-refractivity contribution in [3.63, 3.8) is 0 Å². The van der Waals surface area contributed by atoms with Gasteiger partial charge in [0.25, 0.3) is 0 Å². The molecule has 0 heterocycles. The molecule has 1 amide bonds. The lowest BCUT2D eigenvalue weighted by molar-refractivity contribution is -0.153. The number of ether oxygens (including phenoxy) is 1. The third kappa shape index (κ3) is 7.85. The van der Waals surface area contributed by atoms with Crippen LogP contribution in [0, 0.1) is 0 Å². The van der Waals surface area contributed by atoms with Crippen LogP contribution in [0.1, 0.15) is 5.56 Å². The number of alkyl halides is 3. The van der Waals surface area contributed by atoms with Crippen molar-refractivity contribution in [2.45, 2.75) is 12.7 Å². The van der Waals surface area contributed by atoms with Crippen LogP contribution in [0.25, 0.3) is 0 Å². The second kappa shape index (κ2) is 8.65. The van der Waals surface area contributed by atoms with E-state index in [9.17, 15) is 18.0 Å². The minimum atomic E-state index is -4.35. The van der Waals surface area contributed by atoms with Crippen LogP contribution in [0.3, 0.4) is 0 Å². The van der Waals surface area contributed by atoms with Crippen molar-refractivity contribution in [3.05, 3.63) is 29.8 Å². The van der Waals surface area contributed by atoms with Gasteiger partial charge in [-0.2, -0.15) is 13.2 Å². The summed E-state index contributed by atoms with van der Waals surface area (Å²) < 4.78 is 40.3. The second-order valence-electron chi connectivity index (χ2n) is 3.85. The van der Waals surface area contributed by atoms with Gasteiger partial charge in [-0.1, -0.05) is 12.1 Å². The fourth-order valence-electron chi connectivity index (χ4n) is 1.29. The molecule has 0 aromatic heterocycles. The highest BCUT2D eigenvalue weighted by molar-refractivity contribution is 5.85. The molecule has 0 saturated heterocycles. The van der Waals surface area contributed by atoms with Gasteiger partial charge in [-0.3, -0.25) is 4.79 Å². The van der Waals surface area contributed by atoms with E-state index in [1.165, 1.54) is 12.1 Å². The number of hydrogen-bond donors (Lipinski definition) is 2. The SMILES string of the molecule is CNCC(=O)NCc1ccc(OCC(F)(F)F)cc1.Cl. The predicted molar refractivity (Wildman–Crippen MR) is 71.0 cm³/mol. The zero-order chi connectivity index (χ0) is 14.3. The van der Waals surface area contributed by atoms with Crippen LogP contribution < -0.4 is 15.4 Å². The van der Waals surface area contributed by atoms with Crippen LogP contribution in [0.5, 0.6) is 5.75 Å². The van der Waals surface area contributed by atoms with E-state index < -0.39 is 12.8 Å². The van der Waals surface area contributed by atoms with Gasteiger partial charge >= 0.3 is 6.18 Å². The molecule has 0 aliphatic carbocycles. The second-order valence-corrected chi connectivity index (χ2v) is 3.85. The van der Waals surface area contributed by atoms with Crippen LogP contribution in [-0.2, 0) is 11.3 Å². The van der Waals surface area contributed by atoms with E-state index >= 15 is 0 Å². The minimum Gasteiger partial charge on any atom is -0.484 e. The zero-order valence-corrected chi connectivity index (χ0v) is 11.6. The fraction of sp³-hybridized carbons (Fsp3) is 0.417. The van der Waals surface area contributed by atoms with Gasteiger partial charge in [-0.15, -0.1) is 12.4 Å². The van der Waals surface area contributed by atoms with Crippen LogP contribution >= 0.6 is 12.4 Å². The number of carbonyl (C=O) groups is 1. The first kappa shape index (κ1) is 18.5. The first-order valence-electron chi connectivity index (χ1n) is 5.60. The standard InChI is InChI=1S/C12H15F3N2O2.ClH/c1-16-7-11(18)17-6-9-2-4-10(5-3-9)19-8-12(13,14)15;/h2-5,16H,6-8H2,1H3,(H,17,18);1H. The van der Waals surface area contributed by atoms with E-state index in [1.54, 1.807) is 19.2 Å². The summed E-state index contributed by atoms with van der Waals surface area (Å²) in [6.45, 7) is -0.780. The van der Waals surface area contributed by atoms with Crippen molar-refractivity contribution in [1.29, 1.82) is 0 Å². The van der Waals surface area contributed by atoms with Crippen molar-refractivity contribution in [2.24, 2.45) is 0 Å². The van der Waals surface area contributed by atoms with Crippen LogP contribution in [-0.4, -0.2) is 32.3 Å². The Kier molecular flexibility index (Phi) is 8.02. The number of carbonyl (C=O) groups excluding carboxylic acids is 1. The Bertz CT molecular complexity index is 410. The largest absolute Gasteiger partial charge is 0.484 e. The highest BCUT2D eigenvalue weighted by atomic mass is 35.5. The van der Waals surface area contributed by atoms with E-state index in [-0.39, 0.29) is 30.6 Å². The van der Waals surface area contributed by atoms with Gasteiger partial charge in [-0.25, -0.2) is 0 Å². The highest BCUT2D eigenvalue weighted by Crippen LogP contribution is 2.18. The molecule has 2 N–H and O–H groups in total. The smallest absolute Gasteiger partial charge is 0.422 e. The molecule has 1 aromatic rings. The molecular weight excluding hydrogens is 297 g/mol. The van der Waals surface area contributed by atoms with Gasteiger partial charge in [0, 0.05) is 6.54 Å². The topological polar surface area (TPSA) is 50.4 Å². The van der Waals surface area contributed by atoms with Crippen LogP contribution in [0.15, 0.2) is 24.3 Å². The van der Waals surface area contributed by atoms with Crippen LogP contribution in [0.2, 0.25) is 0 Å². The first-order chi connectivity index (χ1) is 8.90. The molecule has 0 spiro atoms. The number of hydrogen-bond acceptors (Lipinski definition) is 3. The monoisotopic (exact) mass is 312 g/mol. The molecule has 20 heavy (non-hydrogen) atoms. The third-order valence-corrected chi connectivity index (χ3v) is 2.15. The molecule has 0 atom stereocenters. The summed E-state index contributed by atoms with van der Waals surface area (Å²) in [7, 11) is 1.66. The molecule has 114 valence electrons. The van der Waals surface area contributed by atoms with Gasteiger partial charge in [0.1, 0.15) is 5.75 Å². The molecule has 0 saturated carbocycles. The Balaban J connectivity index is 0.00000361. The van der Waals surface area contributed by atoms with Gasteiger partial charge in [0.15, 0.2) is 6.61 Å². The average Bonchev–Trinajstić information content (AvgIpc) is 2.34. The lowest BCUT2D eigenvalue weighted by Gasteiger charge is -2.10. The maximum Gasteiger partial charge on any atom is 0.422 e. The van der Waals surface area contributed by atoms with Crippen molar-refractivity contribution < 1.29 is 22.7 Å². The summed E-state index contributed by atoms with van der Waals surface area (Å²) in [6, 6.07) is 6.08. The normalized spacial score (nSPS) is 10.6. The minimum absolute atomic E-state index is 0. The number of likely N-dealkylation sites (N-methyl/N-ethyl adjacent to an activating group) is 1. The van der Waals surface area contributed by atoms with E-state index in [0.29, 0.717) is 6.54 Å². The Morgan fingerprint density at radius 3 is 2.35 bits per heavy atom. The molecule has 0 radical (unpaired) electrons. The van der Waals surface area contributed by atoms with Crippen molar-refractivity contribution in [2.75, 3.05) is 20.2 Å². The van der Waals surface area contributed by atoms with Gasteiger partial charge in [0.2, 0.25) is 5.91 Å². The molecule has 4 nitrogen and oxygen atoms in total. The molecule has 1 aromatic carbocycles. The molecule has 0 fully saturated rings. The average molecular weight is 313 g/mol. The summed E-state index contributed by atoms with van der Waals surface area (Å²) in [5.41, 5.74) is 0.781. The maximum absolute atomic E-state index is 11.9. The molecule has 8 heteroatoms. The third-order valence-electron chi connectivity index (χ3n) is 2.15. The van der Waals surface area contributed by atoms with Crippen molar-refractivity contribution in [1.82, 2.24) is 10.6 Å². The number of rotatable bonds is 6. The highest BCUT2D eigenvalue weighted by Gasteiger charge is 2.28. The molecule has 1 rings (SSSR count). The van der Waals surface area contributed by atoms with E-state index in [4.69, 9.17) is 0 Å². The number of halogens is 4. The lowest BCUT2D eigenvalue weighted by atomic mass is 10.2. The molecular formula is C12H16ClF3N2O2. The molecule has 0 aliphatic heterocycles. The zero-order valence-electron chi connectivity index (χ0n) is 10.8. The molecule has 0 unspecified atom stereocenters. The Hall–Kier alpha value is -1.47. The van der Waals surface area contributed by atoms with Gasteiger partial charge in [0.05, 0.1) is 6.54 Å². The van der Waals surface area contributed by atoms with E-state index in [0.717, 1.165) is 5.56 Å². The summed E-state index contributed by atoms with van der Waals surface area (Å²) in [6.07, 6.45) is -4.35. The molecule has 0 aliphatic rings. The quantitative estimate of drug-likeness (QED) is 0.843. The first-order valence-corrected chi connectivity index (χ1v) is 5.60. The Morgan fingerprint density at radius 1 is 1.25 bits per heavy atom. The van der Waals surface area contributed by atoms with Crippen LogP contribution in [0.4, 0.5) is 13.2 Å². The summed E-state index contributed by atoms with van der Waals surface area (Å²) >= 11 is 0. The predicted octanol–water partition coefficient (Wildman–Crippen LogP) is 1.89. The van der Waals surface area contributed by atoms with E-state index in [1.807, 2.05) is 0 Å². The fourth-order valence-corrected chi connectivity index (χ4v) is 1.29. The number of amides is 1. The maximum atomic E-state index is 11.9. The summed E-state index contributed by atoms with van der Waals surface area (Å²) in [5, 5.41) is 5.36. The Morgan fingerprint density at radius 2 is 1.85 bits per heavy atom.